The van der Waals surface area contributed by atoms with Crippen LogP contribution in [0, 0.1) is 23.7 Å². The Kier molecular flexibility index (Phi) is 6.49. The molecule has 2 aromatic heterocycles. The Hall–Kier alpha value is -4.09. The number of nitrogens with one attached hydrogen (secondary N) is 2. The van der Waals surface area contributed by atoms with E-state index in [-0.39, 0.29) is 5.69 Å². The number of halogens is 1. The lowest BCUT2D eigenvalue weighted by atomic mass is 9.95. The normalized spacial score (nSPS) is 14.6. The maximum Gasteiger partial charge on any atom is 0.222 e. The minimum absolute atomic E-state index is 0.0160. The number of likely N-dealkylation sites (tertiary alicyclic amines) is 1. The van der Waals surface area contributed by atoms with Crippen molar-refractivity contribution in [2.24, 2.45) is 5.92 Å². The molecule has 0 amide bonds. The first-order valence-electron chi connectivity index (χ1n) is 12.0. The van der Waals surface area contributed by atoms with Gasteiger partial charge >= 0.3 is 0 Å². The number of anilines is 1. The second kappa shape index (κ2) is 9.88. The lowest BCUT2D eigenvalue weighted by Crippen LogP contribution is -2.31. The molecule has 182 valence electrons. The summed E-state index contributed by atoms with van der Waals surface area (Å²) in [5, 5.41) is 10.9. The smallest absolute Gasteiger partial charge is 0.222 e. The maximum atomic E-state index is 14.7. The Morgan fingerprint density at radius 3 is 2.64 bits per heavy atom. The van der Waals surface area contributed by atoms with Crippen molar-refractivity contribution in [2.75, 3.05) is 32.5 Å². The highest BCUT2D eigenvalue weighted by atomic mass is 19.1. The minimum Gasteiger partial charge on any atom is -0.388 e. The van der Waals surface area contributed by atoms with E-state index < -0.39 is 5.82 Å². The number of hydrogen-bond donors (Lipinski definition) is 2. The zero-order chi connectivity index (χ0) is 25.2. The van der Waals surface area contributed by atoms with Crippen molar-refractivity contribution in [1.82, 2.24) is 19.4 Å². The molecule has 7 nitrogen and oxygen atoms in total. The van der Waals surface area contributed by atoms with Gasteiger partial charge < -0.3 is 20.2 Å². The number of benzene rings is 2. The summed E-state index contributed by atoms with van der Waals surface area (Å²) in [7, 11) is 3.97. The first kappa shape index (κ1) is 23.6. The summed E-state index contributed by atoms with van der Waals surface area (Å²) < 4.78 is 16.9. The fraction of sp³-hybridized carbons (Fsp3) is 0.286. The van der Waals surface area contributed by atoms with Gasteiger partial charge in [0.2, 0.25) is 5.69 Å². The number of imidazole rings is 1. The average Bonchev–Trinajstić information content (AvgIpc) is 3.31. The third-order valence-corrected chi connectivity index (χ3v) is 7.07. The molecule has 8 heteroatoms. The summed E-state index contributed by atoms with van der Waals surface area (Å²) in [6.45, 7) is 10.3. The van der Waals surface area contributed by atoms with Gasteiger partial charge in [-0.15, -0.1) is 0 Å². The molecule has 0 radical (unpaired) electrons. The van der Waals surface area contributed by atoms with E-state index in [0.717, 1.165) is 65.9 Å². The molecule has 0 atom stereocenters. The molecule has 0 bridgehead atoms. The third kappa shape index (κ3) is 4.34. The quantitative estimate of drug-likeness (QED) is 0.268. The van der Waals surface area contributed by atoms with Crippen LogP contribution >= 0.6 is 0 Å². The molecule has 3 heterocycles. The van der Waals surface area contributed by atoms with Gasteiger partial charge in [-0.25, -0.2) is 14.2 Å². The summed E-state index contributed by atoms with van der Waals surface area (Å²) in [6, 6.07) is 10.4. The van der Waals surface area contributed by atoms with Crippen molar-refractivity contribution >= 4 is 28.6 Å². The predicted molar refractivity (Wildman–Crippen MR) is 142 cm³/mol. The Labute approximate surface area is 209 Å². The van der Waals surface area contributed by atoms with Crippen molar-refractivity contribution in [3.8, 4) is 22.4 Å². The first-order chi connectivity index (χ1) is 17.5. The van der Waals surface area contributed by atoms with Gasteiger partial charge in [0.05, 0.1) is 30.3 Å². The van der Waals surface area contributed by atoms with E-state index in [9.17, 15) is 4.39 Å². The van der Waals surface area contributed by atoms with Gasteiger partial charge in [-0.3, -0.25) is 4.98 Å². The topological polar surface area (TPSA) is 74.2 Å². The monoisotopic (exact) mass is 481 g/mol. The summed E-state index contributed by atoms with van der Waals surface area (Å²) in [6.07, 6.45) is 7.28. The average molecular weight is 482 g/mol. The molecule has 2 aromatic carbocycles. The molecule has 36 heavy (non-hydrogen) atoms. The first-order valence-corrected chi connectivity index (χ1v) is 12.0. The fourth-order valence-electron chi connectivity index (χ4n) is 4.99. The van der Waals surface area contributed by atoms with Crippen LogP contribution in [0.1, 0.15) is 18.4 Å². The number of rotatable bonds is 6. The molecule has 0 saturated carbocycles. The molecule has 4 aromatic rings. The highest BCUT2D eigenvalue weighted by Gasteiger charge is 2.22. The van der Waals surface area contributed by atoms with E-state index in [2.05, 4.69) is 26.7 Å². The van der Waals surface area contributed by atoms with Crippen molar-refractivity contribution in [2.45, 2.75) is 19.4 Å². The van der Waals surface area contributed by atoms with Crippen LogP contribution in [0.3, 0.4) is 0 Å². The Bertz CT molecular complexity index is 1480. The standard InChI is InChI=1S/C28H28FN7/c1-31-23-6-5-20(12-21(23)14-30)27-26(19-4-7-24(32-2)22(29)13-19)28-25(15-33-27)36(17-34-28)16-18-8-10-35(3)11-9-18/h4-7,12-15,17-18,30-31H,8-11,16H2,1,3H3. The third-order valence-electron chi connectivity index (χ3n) is 7.07. The Morgan fingerprint density at radius 2 is 1.94 bits per heavy atom. The van der Waals surface area contributed by atoms with Gasteiger partial charge in [0, 0.05) is 42.2 Å². The van der Waals surface area contributed by atoms with Gasteiger partial charge in [-0.1, -0.05) is 18.2 Å². The summed E-state index contributed by atoms with van der Waals surface area (Å²) in [5.74, 6) is 0.00304. The Balaban J connectivity index is 1.67. The lowest BCUT2D eigenvalue weighted by molar-refractivity contribution is 0.206. The summed E-state index contributed by atoms with van der Waals surface area (Å²) in [5.41, 5.74) is 6.01. The van der Waals surface area contributed by atoms with Gasteiger partial charge in [0.25, 0.3) is 0 Å². The van der Waals surface area contributed by atoms with Crippen molar-refractivity contribution < 1.29 is 4.39 Å². The molecule has 0 unspecified atom stereocenters. The Morgan fingerprint density at radius 1 is 1.17 bits per heavy atom. The number of piperidine rings is 1. The van der Waals surface area contributed by atoms with E-state index in [1.54, 1.807) is 6.07 Å². The van der Waals surface area contributed by atoms with Gasteiger partial charge in [0.15, 0.2) is 0 Å². The number of nitrogens with zero attached hydrogens (tertiary/aromatic N) is 5. The predicted octanol–water partition coefficient (Wildman–Crippen LogP) is 5.84. The minimum atomic E-state index is -0.568. The molecule has 1 fully saturated rings. The number of pyridine rings is 1. The second-order valence-electron chi connectivity index (χ2n) is 9.33. The van der Waals surface area contributed by atoms with E-state index in [1.165, 1.54) is 18.3 Å². The van der Waals surface area contributed by atoms with Gasteiger partial charge in [0.1, 0.15) is 11.3 Å². The van der Waals surface area contributed by atoms with Crippen molar-refractivity contribution in [3.63, 3.8) is 0 Å². The van der Waals surface area contributed by atoms with Crippen molar-refractivity contribution in [1.29, 1.82) is 5.41 Å². The summed E-state index contributed by atoms with van der Waals surface area (Å²) >= 11 is 0. The van der Waals surface area contributed by atoms with Crippen LogP contribution in [-0.2, 0) is 6.54 Å². The molecule has 0 spiro atoms. The SMILES string of the molecule is [C-]#[N+]c1ccc(-c2c(-c3ccc(NC)c(C=N)c3)ncc3c2ncn3CC2CCN(C)CC2)cc1F. The van der Waals surface area contributed by atoms with Crippen LogP contribution in [0.15, 0.2) is 48.9 Å². The van der Waals surface area contributed by atoms with Crippen LogP contribution in [-0.4, -0.2) is 52.8 Å². The molecule has 1 saturated heterocycles. The van der Waals surface area contributed by atoms with Gasteiger partial charge in [-0.2, -0.15) is 0 Å². The van der Waals surface area contributed by atoms with Gasteiger partial charge in [-0.05, 0) is 62.7 Å². The number of hydrogen-bond acceptors (Lipinski definition) is 5. The number of aromatic nitrogens is 3. The van der Waals surface area contributed by atoms with Crippen LogP contribution in [0.25, 0.3) is 38.3 Å². The van der Waals surface area contributed by atoms with Crippen LogP contribution < -0.4 is 5.32 Å². The van der Waals surface area contributed by atoms with Crippen LogP contribution in [0.4, 0.5) is 15.8 Å². The second-order valence-corrected chi connectivity index (χ2v) is 9.33. The molecular weight excluding hydrogens is 453 g/mol. The van der Waals surface area contributed by atoms with E-state index in [4.69, 9.17) is 21.9 Å². The maximum absolute atomic E-state index is 14.7. The highest BCUT2D eigenvalue weighted by molar-refractivity contribution is 6.00. The zero-order valence-electron chi connectivity index (χ0n) is 20.4. The molecule has 0 aliphatic carbocycles. The molecular formula is C28H28FN7. The highest BCUT2D eigenvalue weighted by Crippen LogP contribution is 2.38. The fourth-order valence-corrected chi connectivity index (χ4v) is 4.99. The summed E-state index contributed by atoms with van der Waals surface area (Å²) in [4.78, 5) is 15.3. The van der Waals surface area contributed by atoms with E-state index >= 15 is 0 Å². The lowest BCUT2D eigenvalue weighted by Gasteiger charge is -2.29. The number of fused-ring (bicyclic) bond motifs is 1. The largest absolute Gasteiger partial charge is 0.388 e. The van der Waals surface area contributed by atoms with Crippen molar-refractivity contribution in [3.05, 3.63) is 71.7 Å². The van der Waals surface area contributed by atoms with E-state index in [1.807, 2.05) is 37.8 Å². The molecule has 1 aliphatic heterocycles. The van der Waals surface area contributed by atoms with Crippen LogP contribution in [0.2, 0.25) is 0 Å². The van der Waals surface area contributed by atoms with Crippen LogP contribution in [0.5, 0.6) is 0 Å². The molecule has 2 N–H and O–H groups in total. The molecule has 5 rings (SSSR count). The van der Waals surface area contributed by atoms with E-state index in [0.29, 0.717) is 17.2 Å². The molecule has 1 aliphatic rings. The zero-order valence-corrected chi connectivity index (χ0v) is 20.4.